The van der Waals surface area contributed by atoms with E-state index in [2.05, 4.69) is 24.1 Å². The van der Waals surface area contributed by atoms with Crippen molar-refractivity contribution in [1.82, 2.24) is 10.2 Å². The Bertz CT molecular complexity index is 352. The van der Waals surface area contributed by atoms with Crippen molar-refractivity contribution < 1.29 is 9.84 Å². The molecule has 0 fully saturated rings. The fourth-order valence-electron chi connectivity index (χ4n) is 1.84. The van der Waals surface area contributed by atoms with E-state index >= 15 is 0 Å². The van der Waals surface area contributed by atoms with E-state index in [1.165, 1.54) is 0 Å². The van der Waals surface area contributed by atoms with Gasteiger partial charge >= 0.3 is 0 Å². The molecule has 0 bridgehead atoms. The Morgan fingerprint density at radius 3 is 2.61 bits per heavy atom. The van der Waals surface area contributed by atoms with Crippen molar-refractivity contribution in [3.8, 4) is 11.5 Å². The van der Waals surface area contributed by atoms with Gasteiger partial charge in [-0.05, 0) is 30.8 Å². The van der Waals surface area contributed by atoms with E-state index in [4.69, 9.17) is 4.74 Å². The van der Waals surface area contributed by atoms with Gasteiger partial charge in [0.1, 0.15) is 0 Å². The lowest BCUT2D eigenvalue weighted by Gasteiger charge is -2.18. The molecule has 0 amide bonds. The Labute approximate surface area is 110 Å². The summed E-state index contributed by atoms with van der Waals surface area (Å²) < 4.78 is 5.08. The van der Waals surface area contributed by atoms with Gasteiger partial charge in [0.25, 0.3) is 0 Å². The van der Waals surface area contributed by atoms with Gasteiger partial charge in [0, 0.05) is 19.6 Å². The van der Waals surface area contributed by atoms with Gasteiger partial charge < -0.3 is 20.1 Å². The van der Waals surface area contributed by atoms with E-state index in [1.807, 2.05) is 12.1 Å². The minimum atomic E-state index is 0.185. The van der Waals surface area contributed by atoms with Crippen LogP contribution in [0.15, 0.2) is 18.2 Å². The van der Waals surface area contributed by atoms with Gasteiger partial charge in [-0.2, -0.15) is 0 Å². The lowest BCUT2D eigenvalue weighted by molar-refractivity contribution is 0.302. The van der Waals surface area contributed by atoms with Crippen molar-refractivity contribution >= 4 is 0 Å². The minimum Gasteiger partial charge on any atom is -0.504 e. The van der Waals surface area contributed by atoms with Crippen molar-refractivity contribution in [2.24, 2.45) is 0 Å². The van der Waals surface area contributed by atoms with Crippen LogP contribution in [0.5, 0.6) is 11.5 Å². The van der Waals surface area contributed by atoms with Crippen molar-refractivity contribution in [3.63, 3.8) is 0 Å². The second-order valence-electron chi connectivity index (χ2n) is 4.21. The zero-order chi connectivity index (χ0) is 13.4. The van der Waals surface area contributed by atoms with Crippen LogP contribution in [0.1, 0.15) is 19.4 Å². The molecule has 0 aliphatic heterocycles. The zero-order valence-corrected chi connectivity index (χ0v) is 11.6. The first-order chi connectivity index (χ1) is 8.71. The van der Waals surface area contributed by atoms with E-state index < -0.39 is 0 Å². The number of rotatable bonds is 8. The largest absolute Gasteiger partial charge is 0.504 e. The normalized spacial score (nSPS) is 10.9. The Kier molecular flexibility index (Phi) is 6.54. The first kappa shape index (κ1) is 14.8. The third-order valence-electron chi connectivity index (χ3n) is 3.07. The molecule has 2 N–H and O–H groups in total. The van der Waals surface area contributed by atoms with E-state index in [9.17, 15) is 5.11 Å². The summed E-state index contributed by atoms with van der Waals surface area (Å²) in [6, 6.07) is 5.43. The number of likely N-dealkylation sites (N-methyl/N-ethyl adjacent to an activating group) is 1. The molecule has 0 aromatic heterocycles. The molecule has 0 aliphatic carbocycles. The first-order valence-electron chi connectivity index (χ1n) is 6.50. The Morgan fingerprint density at radius 1 is 1.28 bits per heavy atom. The third-order valence-corrected chi connectivity index (χ3v) is 3.07. The highest BCUT2D eigenvalue weighted by atomic mass is 16.5. The maximum Gasteiger partial charge on any atom is 0.160 e. The molecule has 18 heavy (non-hydrogen) atoms. The van der Waals surface area contributed by atoms with E-state index in [0.717, 1.165) is 38.3 Å². The van der Waals surface area contributed by atoms with Gasteiger partial charge in [-0.15, -0.1) is 0 Å². The molecule has 0 spiro atoms. The Hall–Kier alpha value is -1.26. The average molecular weight is 252 g/mol. The monoisotopic (exact) mass is 252 g/mol. The number of hydrogen-bond donors (Lipinski definition) is 2. The molecular weight excluding hydrogens is 228 g/mol. The molecule has 0 radical (unpaired) electrons. The number of phenolic OH excluding ortho intramolecular Hbond substituents is 1. The molecule has 4 nitrogen and oxygen atoms in total. The number of hydrogen-bond acceptors (Lipinski definition) is 4. The third kappa shape index (κ3) is 4.55. The molecule has 1 rings (SSSR count). The molecule has 1 aromatic rings. The van der Waals surface area contributed by atoms with Gasteiger partial charge in [-0.25, -0.2) is 0 Å². The number of methoxy groups -OCH3 is 1. The lowest BCUT2D eigenvalue weighted by Crippen LogP contribution is -2.31. The Balaban J connectivity index is 2.35. The van der Waals surface area contributed by atoms with E-state index in [0.29, 0.717) is 5.75 Å². The van der Waals surface area contributed by atoms with Gasteiger partial charge in [0.05, 0.1) is 7.11 Å². The fraction of sp³-hybridized carbons (Fsp3) is 0.571. The summed E-state index contributed by atoms with van der Waals surface area (Å²) in [5, 5.41) is 12.9. The topological polar surface area (TPSA) is 44.7 Å². The molecule has 0 aliphatic rings. The highest BCUT2D eigenvalue weighted by molar-refractivity contribution is 5.41. The second kappa shape index (κ2) is 7.95. The molecule has 0 unspecified atom stereocenters. The second-order valence-corrected chi connectivity index (χ2v) is 4.21. The van der Waals surface area contributed by atoms with Crippen molar-refractivity contribution in [2.45, 2.75) is 20.4 Å². The molecule has 4 heteroatoms. The summed E-state index contributed by atoms with van der Waals surface area (Å²) in [4.78, 5) is 2.38. The number of phenols is 1. The highest BCUT2D eigenvalue weighted by Gasteiger charge is 2.02. The SMILES string of the molecule is CCN(CC)CCNCc1ccc(O)c(OC)c1. The van der Waals surface area contributed by atoms with Crippen LogP contribution < -0.4 is 10.1 Å². The van der Waals surface area contributed by atoms with Gasteiger partial charge in [0.15, 0.2) is 11.5 Å². The van der Waals surface area contributed by atoms with Crippen molar-refractivity contribution in [2.75, 3.05) is 33.3 Å². The summed E-state index contributed by atoms with van der Waals surface area (Å²) in [5.41, 5.74) is 1.11. The van der Waals surface area contributed by atoms with Crippen LogP contribution >= 0.6 is 0 Å². The Morgan fingerprint density at radius 2 is 2.00 bits per heavy atom. The quantitative estimate of drug-likeness (QED) is 0.693. The first-order valence-corrected chi connectivity index (χ1v) is 6.50. The van der Waals surface area contributed by atoms with Crippen LogP contribution in [0.25, 0.3) is 0 Å². The lowest BCUT2D eigenvalue weighted by atomic mass is 10.2. The standard InChI is InChI=1S/C14H24N2O2/c1-4-16(5-2)9-8-15-11-12-6-7-13(17)14(10-12)18-3/h6-7,10,15,17H,4-5,8-9,11H2,1-3H3. The average Bonchev–Trinajstić information content (AvgIpc) is 2.40. The zero-order valence-electron chi connectivity index (χ0n) is 11.6. The smallest absolute Gasteiger partial charge is 0.160 e. The molecule has 102 valence electrons. The molecule has 0 atom stereocenters. The molecule has 0 saturated heterocycles. The van der Waals surface area contributed by atoms with Crippen LogP contribution in [0, 0.1) is 0 Å². The summed E-state index contributed by atoms with van der Waals surface area (Å²) in [6.45, 7) is 9.34. The van der Waals surface area contributed by atoms with Crippen LogP contribution in [-0.2, 0) is 6.54 Å². The minimum absolute atomic E-state index is 0.185. The number of ether oxygens (including phenoxy) is 1. The maximum atomic E-state index is 9.49. The van der Waals surface area contributed by atoms with Crippen molar-refractivity contribution in [3.05, 3.63) is 23.8 Å². The van der Waals surface area contributed by atoms with Gasteiger partial charge in [-0.3, -0.25) is 0 Å². The molecular formula is C14H24N2O2. The summed E-state index contributed by atoms with van der Waals surface area (Å²) in [5.74, 6) is 0.711. The molecule has 1 aromatic carbocycles. The highest BCUT2D eigenvalue weighted by Crippen LogP contribution is 2.25. The number of benzene rings is 1. The van der Waals surface area contributed by atoms with Crippen LogP contribution in [0.4, 0.5) is 0 Å². The van der Waals surface area contributed by atoms with E-state index in [1.54, 1.807) is 13.2 Å². The number of nitrogens with one attached hydrogen (secondary N) is 1. The number of aromatic hydroxyl groups is 1. The molecule has 0 heterocycles. The maximum absolute atomic E-state index is 9.49. The summed E-state index contributed by atoms with van der Waals surface area (Å²) in [6.07, 6.45) is 0. The van der Waals surface area contributed by atoms with Gasteiger partial charge in [0.2, 0.25) is 0 Å². The summed E-state index contributed by atoms with van der Waals surface area (Å²) in [7, 11) is 1.56. The molecule has 0 saturated carbocycles. The predicted molar refractivity (Wildman–Crippen MR) is 74.2 cm³/mol. The van der Waals surface area contributed by atoms with Crippen molar-refractivity contribution in [1.29, 1.82) is 0 Å². The van der Waals surface area contributed by atoms with Crippen LogP contribution in [0.3, 0.4) is 0 Å². The summed E-state index contributed by atoms with van der Waals surface area (Å²) >= 11 is 0. The fourth-order valence-corrected chi connectivity index (χ4v) is 1.84. The number of nitrogens with zero attached hydrogens (tertiary/aromatic N) is 1. The van der Waals surface area contributed by atoms with E-state index in [-0.39, 0.29) is 5.75 Å². The predicted octanol–water partition coefficient (Wildman–Crippen LogP) is 1.83. The van der Waals surface area contributed by atoms with Gasteiger partial charge in [-0.1, -0.05) is 19.9 Å². The van der Waals surface area contributed by atoms with Crippen LogP contribution in [-0.4, -0.2) is 43.3 Å². The van der Waals surface area contributed by atoms with Crippen LogP contribution in [0.2, 0.25) is 0 Å².